The normalized spacial score (nSPS) is 11.8. The number of ether oxygens (including phenoxy) is 2. The molecule has 0 saturated carbocycles. The first-order valence-electron chi connectivity index (χ1n) is 12.2. The number of nitrogens with two attached hydrogens (primary N) is 1. The molecule has 3 aromatic carbocycles. The van der Waals surface area contributed by atoms with Gasteiger partial charge in [-0.15, -0.1) is 0 Å². The molecule has 0 spiro atoms. The summed E-state index contributed by atoms with van der Waals surface area (Å²) in [7, 11) is 0. The number of nitrogens with zero attached hydrogens (tertiary/aromatic N) is 1. The second-order valence-electron chi connectivity index (χ2n) is 9.10. The summed E-state index contributed by atoms with van der Waals surface area (Å²) in [4.78, 5) is 43.4. The van der Waals surface area contributed by atoms with Crippen molar-refractivity contribution in [3.8, 4) is 6.08 Å². The summed E-state index contributed by atoms with van der Waals surface area (Å²) in [5.74, 6) is -0.450. The summed E-state index contributed by atoms with van der Waals surface area (Å²) in [6, 6.07) is 18.9. The lowest BCUT2D eigenvalue weighted by molar-refractivity contribution is 0.0917. The van der Waals surface area contributed by atoms with Crippen molar-refractivity contribution in [2.24, 2.45) is 0 Å². The first-order chi connectivity index (χ1) is 18.2. The van der Waals surface area contributed by atoms with Crippen LogP contribution in [0.2, 0.25) is 0 Å². The van der Waals surface area contributed by atoms with Crippen LogP contribution in [0.25, 0.3) is 10.9 Å². The highest BCUT2D eigenvalue weighted by Gasteiger charge is 2.27. The maximum absolute atomic E-state index is 13.8. The molecule has 0 saturated heterocycles. The topological polar surface area (TPSA) is 134 Å². The van der Waals surface area contributed by atoms with Crippen molar-refractivity contribution in [2.75, 3.05) is 5.73 Å². The summed E-state index contributed by atoms with van der Waals surface area (Å²) in [6.07, 6.45) is -1.03. The number of nitrogen functional groups attached to an aromatic ring is 1. The summed E-state index contributed by atoms with van der Waals surface area (Å²) in [6.45, 7) is 5.20. The number of aromatic nitrogens is 1. The Morgan fingerprint density at radius 3 is 2.29 bits per heavy atom. The molecule has 9 nitrogen and oxygen atoms in total. The van der Waals surface area contributed by atoms with Crippen LogP contribution in [0.3, 0.4) is 0 Å². The van der Waals surface area contributed by atoms with E-state index in [9.17, 15) is 14.4 Å². The number of benzene rings is 3. The highest BCUT2D eigenvalue weighted by Crippen LogP contribution is 2.27. The van der Waals surface area contributed by atoms with Gasteiger partial charge in [-0.3, -0.25) is 4.79 Å². The van der Waals surface area contributed by atoms with Crippen molar-refractivity contribution >= 4 is 28.5 Å². The van der Waals surface area contributed by atoms with Gasteiger partial charge in [0.05, 0.1) is 23.0 Å². The molecule has 4 aromatic rings. The highest BCUT2D eigenvalue weighted by atomic mass is 16.6. The Kier molecular flexibility index (Phi) is 8.06. The smallest absolute Gasteiger partial charge is 0.408 e. The van der Waals surface area contributed by atoms with Crippen LogP contribution in [-0.2, 0) is 17.8 Å². The molecule has 0 aliphatic carbocycles. The average molecular weight is 516 g/mol. The molecule has 9 heteroatoms. The number of fused-ring (bicyclic) bond motifs is 1. The van der Waals surface area contributed by atoms with E-state index in [1.807, 2.05) is 60.7 Å². The third-order valence-corrected chi connectivity index (χ3v) is 5.91. The maximum atomic E-state index is 13.8. The molecule has 0 unspecified atom stereocenters. The number of aryl methyl sites for hydroxylation is 1. The molecule has 0 radical (unpaired) electrons. The molecule has 0 aliphatic rings. The number of anilines is 1. The van der Waals surface area contributed by atoms with Crippen LogP contribution < -0.4 is 21.4 Å². The van der Waals surface area contributed by atoms with Crippen molar-refractivity contribution in [1.29, 1.82) is 0 Å². The van der Waals surface area contributed by atoms with Crippen LogP contribution in [0.1, 0.15) is 40.9 Å². The Balaban J connectivity index is 1.67. The van der Waals surface area contributed by atoms with E-state index in [1.165, 1.54) is 6.07 Å². The number of alkyl carbamates (subject to hydrolysis) is 1. The zero-order chi connectivity index (χ0) is 27.2. The summed E-state index contributed by atoms with van der Waals surface area (Å²) >= 11 is 0. The molecule has 1 atom stereocenters. The standard InChI is InChI=1S/C29H29N3O6/c1-17(2)37-29-32-22-15-21(25(30)18(3)24(22)27(34)38-29)26(33)23(14-19-10-6-4-7-11-19)31-28(35)36-16-20-12-8-5-9-13-20/h4-13,15,17,23H,14,16,30H2,1-3H3,(H,31,35)/t23-/m0/s1. The number of Topliss-reactive ketones (excluding diaryl/α,β-unsaturated/α-hetero) is 1. The second-order valence-corrected chi connectivity index (χ2v) is 9.10. The molecular weight excluding hydrogens is 486 g/mol. The molecule has 3 N–H and O–H groups in total. The fourth-order valence-electron chi connectivity index (χ4n) is 4.02. The summed E-state index contributed by atoms with van der Waals surface area (Å²) in [5.41, 5.74) is 8.09. The van der Waals surface area contributed by atoms with E-state index in [2.05, 4.69) is 10.3 Å². The Hall–Kier alpha value is -4.66. The lowest BCUT2D eigenvalue weighted by atomic mass is 9.94. The van der Waals surface area contributed by atoms with Gasteiger partial charge < -0.3 is 24.9 Å². The van der Waals surface area contributed by atoms with Gasteiger partial charge >= 0.3 is 17.8 Å². The predicted molar refractivity (Wildman–Crippen MR) is 143 cm³/mol. The Morgan fingerprint density at radius 2 is 1.66 bits per heavy atom. The molecule has 0 aliphatic heterocycles. The molecule has 1 heterocycles. The number of carbonyl (C=O) groups is 2. The third kappa shape index (κ3) is 6.18. The molecule has 0 fully saturated rings. The Bertz CT molecular complexity index is 1500. The van der Waals surface area contributed by atoms with Gasteiger partial charge in [-0.1, -0.05) is 60.7 Å². The molecule has 196 valence electrons. The van der Waals surface area contributed by atoms with Crippen molar-refractivity contribution in [1.82, 2.24) is 10.3 Å². The minimum atomic E-state index is -0.994. The minimum Gasteiger partial charge on any atom is -0.447 e. The number of nitrogens with one attached hydrogen (secondary N) is 1. The van der Waals surface area contributed by atoms with E-state index in [0.29, 0.717) is 5.56 Å². The van der Waals surface area contributed by atoms with E-state index in [1.54, 1.807) is 20.8 Å². The first-order valence-corrected chi connectivity index (χ1v) is 12.2. The Labute approximate surface area is 219 Å². The van der Waals surface area contributed by atoms with Crippen molar-refractivity contribution in [3.05, 3.63) is 99.4 Å². The molecule has 1 aromatic heterocycles. The van der Waals surface area contributed by atoms with Crippen molar-refractivity contribution in [3.63, 3.8) is 0 Å². The van der Waals surface area contributed by atoms with E-state index >= 15 is 0 Å². The molecule has 0 bridgehead atoms. The number of hydrogen-bond donors (Lipinski definition) is 2. The summed E-state index contributed by atoms with van der Waals surface area (Å²) < 4.78 is 16.0. The fourth-order valence-corrected chi connectivity index (χ4v) is 4.02. The molecule has 4 rings (SSSR count). The zero-order valence-corrected chi connectivity index (χ0v) is 21.4. The van der Waals surface area contributed by atoms with Crippen molar-refractivity contribution in [2.45, 2.75) is 45.9 Å². The SMILES string of the molecule is Cc1c(N)c(C(=O)[C@H](Cc2ccccc2)NC(=O)OCc2ccccc2)cc2nc(OC(C)C)oc(=O)c12. The van der Waals surface area contributed by atoms with Gasteiger partial charge in [0.2, 0.25) is 0 Å². The van der Waals surface area contributed by atoms with Gasteiger partial charge in [0.25, 0.3) is 0 Å². The largest absolute Gasteiger partial charge is 0.447 e. The van der Waals surface area contributed by atoms with Gasteiger partial charge in [-0.2, -0.15) is 4.98 Å². The van der Waals surface area contributed by atoms with Crippen molar-refractivity contribution < 1.29 is 23.5 Å². The Morgan fingerprint density at radius 1 is 1.03 bits per heavy atom. The van der Waals surface area contributed by atoms with E-state index in [-0.39, 0.29) is 47.4 Å². The van der Waals surface area contributed by atoms with Gasteiger partial charge in [-0.25, -0.2) is 9.59 Å². The maximum Gasteiger partial charge on any atom is 0.408 e. The van der Waals surface area contributed by atoms with Crippen LogP contribution in [0.4, 0.5) is 10.5 Å². The van der Waals surface area contributed by atoms with Crippen LogP contribution in [0.15, 0.2) is 75.9 Å². The number of ketones is 1. The summed E-state index contributed by atoms with van der Waals surface area (Å²) in [5, 5.41) is 2.84. The minimum absolute atomic E-state index is 0.0501. The van der Waals surface area contributed by atoms with E-state index in [4.69, 9.17) is 19.6 Å². The van der Waals surface area contributed by atoms with Gasteiger partial charge in [0.15, 0.2) is 5.78 Å². The first kappa shape index (κ1) is 26.4. The molecule has 38 heavy (non-hydrogen) atoms. The monoisotopic (exact) mass is 515 g/mol. The van der Waals surface area contributed by atoms with E-state index < -0.39 is 23.5 Å². The number of hydrogen-bond acceptors (Lipinski definition) is 8. The van der Waals surface area contributed by atoms with E-state index in [0.717, 1.165) is 11.1 Å². The predicted octanol–water partition coefficient (Wildman–Crippen LogP) is 4.59. The highest BCUT2D eigenvalue weighted by molar-refractivity contribution is 6.09. The molecule has 1 amide bonds. The number of carbonyl (C=O) groups excluding carboxylic acids is 2. The van der Waals surface area contributed by atoms with Gasteiger partial charge in [-0.05, 0) is 43.5 Å². The average Bonchev–Trinajstić information content (AvgIpc) is 2.89. The molecular formula is C29H29N3O6. The number of amides is 1. The second kappa shape index (κ2) is 11.6. The lowest BCUT2D eigenvalue weighted by Gasteiger charge is -2.20. The van der Waals surface area contributed by atoms with Crippen LogP contribution >= 0.6 is 0 Å². The van der Waals surface area contributed by atoms with Gasteiger partial charge in [0, 0.05) is 17.7 Å². The van der Waals surface area contributed by atoms with Gasteiger partial charge in [0.1, 0.15) is 6.61 Å². The fraction of sp³-hybridized carbons (Fsp3) is 0.241. The third-order valence-electron chi connectivity index (χ3n) is 5.91. The quantitative estimate of drug-likeness (QED) is 0.244. The number of rotatable bonds is 9. The lowest BCUT2D eigenvalue weighted by Crippen LogP contribution is -2.43. The zero-order valence-electron chi connectivity index (χ0n) is 21.4. The van der Waals surface area contributed by atoms with Crippen LogP contribution in [0, 0.1) is 6.92 Å². The van der Waals surface area contributed by atoms with Crippen LogP contribution in [0.5, 0.6) is 6.08 Å². The van der Waals surface area contributed by atoms with Crippen LogP contribution in [-0.4, -0.2) is 29.0 Å².